The largest absolute Gasteiger partial charge is 0.489 e. The molecule has 10 heteroatoms. The van der Waals surface area contributed by atoms with Crippen molar-refractivity contribution >= 4 is 41.1 Å². The minimum atomic E-state index is -1.12. The van der Waals surface area contributed by atoms with E-state index < -0.39 is 18.0 Å². The standard InChI is InChI=1S/C31H33Cl2N3O5/c32-26-12-8-21(18-27(26)33)9-13-29(37)36-16-14-24(15-17-36)34-31(40)35-28(30(38)39)19-22-6-10-25(11-7-22)41-20-23-4-2-1-3-5-23/h1-8,10-12,18,24,28H,9,13-17,19-20H2,(H,38,39)(H2,34,35,40)/t28-/m0/s1. The van der Waals surface area contributed by atoms with Gasteiger partial charge < -0.3 is 25.4 Å². The lowest BCUT2D eigenvalue weighted by Crippen LogP contribution is -2.52. The van der Waals surface area contributed by atoms with E-state index in [1.54, 1.807) is 41.3 Å². The lowest BCUT2D eigenvalue weighted by atomic mass is 10.0. The monoisotopic (exact) mass is 597 g/mol. The number of likely N-dealkylation sites (tertiary alicyclic amines) is 1. The summed E-state index contributed by atoms with van der Waals surface area (Å²) < 4.78 is 5.78. The normalized spacial score (nSPS) is 14.2. The Balaban J connectivity index is 1.18. The Kier molecular flexibility index (Phi) is 10.9. The van der Waals surface area contributed by atoms with Crippen molar-refractivity contribution in [1.82, 2.24) is 15.5 Å². The summed E-state index contributed by atoms with van der Waals surface area (Å²) in [5.74, 6) is -0.400. The number of ether oxygens (including phenoxy) is 1. The molecular formula is C31H33Cl2N3O5. The van der Waals surface area contributed by atoms with Crippen molar-refractivity contribution in [3.05, 3.63) is 99.5 Å². The average molecular weight is 599 g/mol. The van der Waals surface area contributed by atoms with E-state index in [9.17, 15) is 19.5 Å². The molecule has 0 unspecified atom stereocenters. The van der Waals surface area contributed by atoms with E-state index in [0.717, 1.165) is 16.7 Å². The molecule has 1 atom stereocenters. The number of urea groups is 1. The second-order valence-electron chi connectivity index (χ2n) is 10.0. The van der Waals surface area contributed by atoms with Gasteiger partial charge in [-0.3, -0.25) is 4.79 Å². The van der Waals surface area contributed by atoms with Crippen LogP contribution >= 0.6 is 23.2 Å². The minimum Gasteiger partial charge on any atom is -0.489 e. The highest BCUT2D eigenvalue weighted by Crippen LogP contribution is 2.23. The number of amides is 3. The zero-order chi connectivity index (χ0) is 29.2. The summed E-state index contributed by atoms with van der Waals surface area (Å²) >= 11 is 12.0. The number of hydrogen-bond donors (Lipinski definition) is 3. The van der Waals surface area contributed by atoms with Crippen LogP contribution in [0.1, 0.15) is 36.0 Å². The third-order valence-corrected chi connectivity index (χ3v) is 7.75. The maximum atomic E-state index is 12.7. The highest BCUT2D eigenvalue weighted by atomic mass is 35.5. The summed E-state index contributed by atoms with van der Waals surface area (Å²) in [4.78, 5) is 38.9. The van der Waals surface area contributed by atoms with Crippen molar-refractivity contribution in [2.24, 2.45) is 0 Å². The van der Waals surface area contributed by atoms with Gasteiger partial charge >= 0.3 is 12.0 Å². The zero-order valence-electron chi connectivity index (χ0n) is 22.5. The Morgan fingerprint density at radius 2 is 1.59 bits per heavy atom. The van der Waals surface area contributed by atoms with Gasteiger partial charge in [0.2, 0.25) is 5.91 Å². The van der Waals surface area contributed by atoms with Gasteiger partial charge in [-0.1, -0.05) is 71.7 Å². The number of rotatable bonds is 11. The quantitative estimate of drug-likeness (QED) is 0.271. The molecule has 216 valence electrons. The number of piperidine rings is 1. The predicted octanol–water partition coefficient (Wildman–Crippen LogP) is 5.49. The summed E-state index contributed by atoms with van der Waals surface area (Å²) in [7, 11) is 0. The highest BCUT2D eigenvalue weighted by Gasteiger charge is 2.26. The zero-order valence-corrected chi connectivity index (χ0v) is 24.0. The molecule has 3 aromatic carbocycles. The van der Waals surface area contributed by atoms with Crippen LogP contribution in [0.25, 0.3) is 0 Å². The molecule has 0 aromatic heterocycles. The molecule has 0 bridgehead atoms. The number of carbonyl (C=O) groups excluding carboxylic acids is 2. The maximum absolute atomic E-state index is 12.7. The number of aryl methyl sites for hydroxylation is 1. The first-order valence-electron chi connectivity index (χ1n) is 13.5. The van der Waals surface area contributed by atoms with Crippen molar-refractivity contribution in [2.45, 2.75) is 50.8 Å². The molecule has 8 nitrogen and oxygen atoms in total. The van der Waals surface area contributed by atoms with Crippen LogP contribution in [0.2, 0.25) is 10.0 Å². The van der Waals surface area contributed by atoms with E-state index in [4.69, 9.17) is 27.9 Å². The topological polar surface area (TPSA) is 108 Å². The summed E-state index contributed by atoms with van der Waals surface area (Å²) in [5.41, 5.74) is 2.76. The van der Waals surface area contributed by atoms with Gasteiger partial charge in [-0.15, -0.1) is 0 Å². The van der Waals surface area contributed by atoms with E-state index in [1.165, 1.54) is 0 Å². The van der Waals surface area contributed by atoms with Crippen molar-refractivity contribution in [3.8, 4) is 5.75 Å². The van der Waals surface area contributed by atoms with Crippen LogP contribution in [-0.2, 0) is 29.0 Å². The van der Waals surface area contributed by atoms with Gasteiger partial charge in [-0.25, -0.2) is 9.59 Å². The first-order chi connectivity index (χ1) is 19.8. The van der Waals surface area contributed by atoms with Gasteiger partial charge in [0.1, 0.15) is 18.4 Å². The lowest BCUT2D eigenvalue weighted by molar-refractivity contribution is -0.139. The highest BCUT2D eigenvalue weighted by molar-refractivity contribution is 6.42. The van der Waals surface area contributed by atoms with Gasteiger partial charge in [-0.05, 0) is 60.2 Å². The number of carboxylic acid groups (broad SMARTS) is 1. The minimum absolute atomic E-state index is 0.0430. The van der Waals surface area contributed by atoms with E-state index in [1.807, 2.05) is 36.4 Å². The average Bonchev–Trinajstić information content (AvgIpc) is 2.97. The first kappa shape index (κ1) is 30.2. The molecule has 1 fully saturated rings. The Morgan fingerprint density at radius 1 is 0.902 bits per heavy atom. The molecule has 1 saturated heterocycles. The van der Waals surface area contributed by atoms with E-state index >= 15 is 0 Å². The molecule has 1 heterocycles. The van der Waals surface area contributed by atoms with Gasteiger partial charge in [-0.2, -0.15) is 0 Å². The van der Waals surface area contributed by atoms with Gasteiger partial charge in [0.05, 0.1) is 10.0 Å². The van der Waals surface area contributed by atoms with Crippen LogP contribution in [-0.4, -0.2) is 53.1 Å². The van der Waals surface area contributed by atoms with Crippen LogP contribution in [0.3, 0.4) is 0 Å². The number of nitrogens with zero attached hydrogens (tertiary/aromatic N) is 1. The van der Waals surface area contributed by atoms with Crippen LogP contribution in [0, 0.1) is 0 Å². The fourth-order valence-corrected chi connectivity index (χ4v) is 4.98. The summed E-state index contributed by atoms with van der Waals surface area (Å²) in [6.45, 7) is 1.48. The van der Waals surface area contributed by atoms with Crippen molar-refractivity contribution in [3.63, 3.8) is 0 Å². The van der Waals surface area contributed by atoms with Gasteiger partial charge in [0.25, 0.3) is 0 Å². The van der Waals surface area contributed by atoms with E-state index in [0.29, 0.717) is 61.2 Å². The molecule has 0 saturated carbocycles. The van der Waals surface area contributed by atoms with E-state index in [-0.39, 0.29) is 18.4 Å². The Morgan fingerprint density at radius 3 is 2.24 bits per heavy atom. The molecule has 1 aliphatic heterocycles. The van der Waals surface area contributed by atoms with E-state index in [2.05, 4.69) is 10.6 Å². The van der Waals surface area contributed by atoms with Crippen LogP contribution in [0.15, 0.2) is 72.8 Å². The fraction of sp³-hybridized carbons (Fsp3) is 0.323. The van der Waals surface area contributed by atoms with Crippen LogP contribution in [0.5, 0.6) is 5.75 Å². The van der Waals surface area contributed by atoms with Crippen LogP contribution < -0.4 is 15.4 Å². The van der Waals surface area contributed by atoms with Crippen LogP contribution in [0.4, 0.5) is 4.79 Å². The molecule has 0 spiro atoms. The third-order valence-electron chi connectivity index (χ3n) is 7.01. The molecule has 0 radical (unpaired) electrons. The number of nitrogens with one attached hydrogen (secondary N) is 2. The molecule has 3 N–H and O–H groups in total. The molecule has 41 heavy (non-hydrogen) atoms. The van der Waals surface area contributed by atoms with Crippen molar-refractivity contribution in [1.29, 1.82) is 0 Å². The second kappa shape index (κ2) is 14.8. The number of aliphatic carboxylic acids is 1. The Hall–Kier alpha value is -3.75. The van der Waals surface area contributed by atoms with Crippen molar-refractivity contribution < 1.29 is 24.2 Å². The number of carbonyl (C=O) groups is 3. The summed E-state index contributed by atoms with van der Waals surface area (Å²) in [6.07, 6.45) is 2.24. The molecule has 3 amide bonds. The van der Waals surface area contributed by atoms with Gasteiger partial charge in [0, 0.05) is 32.0 Å². The SMILES string of the molecule is O=C(NC1CCN(C(=O)CCc2ccc(Cl)c(Cl)c2)CC1)N[C@@H](Cc1ccc(OCc2ccccc2)cc1)C(=O)O. The molecular weight excluding hydrogens is 565 g/mol. The summed E-state index contributed by atoms with van der Waals surface area (Å²) in [5, 5.41) is 16.1. The number of hydrogen-bond acceptors (Lipinski definition) is 4. The Labute approximate surface area is 249 Å². The predicted molar refractivity (Wildman–Crippen MR) is 158 cm³/mol. The fourth-order valence-electron chi connectivity index (χ4n) is 4.66. The number of benzene rings is 3. The summed E-state index contributed by atoms with van der Waals surface area (Å²) in [6, 6.07) is 20.5. The number of halogens is 2. The second-order valence-corrected chi connectivity index (χ2v) is 10.8. The van der Waals surface area contributed by atoms with Gasteiger partial charge in [0.15, 0.2) is 0 Å². The lowest BCUT2D eigenvalue weighted by Gasteiger charge is -2.32. The molecule has 0 aliphatic carbocycles. The first-order valence-corrected chi connectivity index (χ1v) is 14.3. The maximum Gasteiger partial charge on any atom is 0.326 e. The molecule has 1 aliphatic rings. The molecule has 4 rings (SSSR count). The third kappa shape index (κ3) is 9.40. The number of carboxylic acids is 1. The van der Waals surface area contributed by atoms with Crippen molar-refractivity contribution in [2.75, 3.05) is 13.1 Å². The smallest absolute Gasteiger partial charge is 0.326 e. The molecule has 3 aromatic rings. The Bertz CT molecular complexity index is 1330.